The van der Waals surface area contributed by atoms with Crippen LogP contribution >= 0.6 is 11.8 Å². The molecule has 1 aromatic rings. The molecule has 0 amide bonds. The van der Waals surface area contributed by atoms with Gasteiger partial charge in [0.1, 0.15) is 5.75 Å². The molecule has 0 fully saturated rings. The Morgan fingerprint density at radius 3 is 2.58 bits per heavy atom. The van der Waals surface area contributed by atoms with E-state index in [0.717, 1.165) is 17.1 Å². The van der Waals surface area contributed by atoms with Crippen LogP contribution in [0.3, 0.4) is 0 Å². The van der Waals surface area contributed by atoms with Crippen LogP contribution in [0.2, 0.25) is 0 Å². The zero-order valence-corrected chi connectivity index (χ0v) is 8.32. The van der Waals surface area contributed by atoms with Gasteiger partial charge < -0.3 is 5.11 Å². The maximum atomic E-state index is 9.53. The van der Waals surface area contributed by atoms with Gasteiger partial charge in [-0.25, -0.2) is 0 Å². The molecule has 66 valence electrons. The molecule has 0 radical (unpaired) electrons. The quantitative estimate of drug-likeness (QED) is 0.725. The van der Waals surface area contributed by atoms with Crippen LogP contribution in [0.25, 0.3) is 0 Å². The minimum atomic E-state index is 0.418. The third kappa shape index (κ3) is 2.18. The zero-order chi connectivity index (χ0) is 8.97. The van der Waals surface area contributed by atoms with Crippen LogP contribution in [0.4, 0.5) is 0 Å². The van der Waals surface area contributed by atoms with Gasteiger partial charge in [0.15, 0.2) is 0 Å². The fourth-order valence-electron chi connectivity index (χ4n) is 1.06. The highest BCUT2D eigenvalue weighted by atomic mass is 32.2. The van der Waals surface area contributed by atoms with E-state index in [2.05, 4.69) is 19.9 Å². The maximum absolute atomic E-state index is 9.53. The molecular formula is C10H14OS. The Bertz CT molecular complexity index is 258. The average molecular weight is 182 g/mol. The van der Waals surface area contributed by atoms with Gasteiger partial charge >= 0.3 is 0 Å². The number of aromatic hydroxyl groups is 1. The van der Waals surface area contributed by atoms with E-state index in [-0.39, 0.29) is 0 Å². The molecule has 1 N–H and O–H groups in total. The molecule has 0 spiro atoms. The number of hydrogen-bond acceptors (Lipinski definition) is 2. The Kier molecular flexibility index (Phi) is 3.48. The summed E-state index contributed by atoms with van der Waals surface area (Å²) in [5, 5.41) is 9.53. The van der Waals surface area contributed by atoms with Gasteiger partial charge in [-0.2, -0.15) is 0 Å². The van der Waals surface area contributed by atoms with Gasteiger partial charge in [0.2, 0.25) is 0 Å². The predicted molar refractivity (Wildman–Crippen MR) is 53.9 cm³/mol. The number of benzene rings is 1. The van der Waals surface area contributed by atoms with Crippen molar-refractivity contribution in [3.63, 3.8) is 0 Å². The summed E-state index contributed by atoms with van der Waals surface area (Å²) in [6.45, 7) is 4.17. The molecule has 0 aliphatic heterocycles. The van der Waals surface area contributed by atoms with E-state index < -0.39 is 0 Å². The van der Waals surface area contributed by atoms with Crippen LogP contribution in [-0.4, -0.2) is 10.9 Å². The fraction of sp³-hybridized carbons (Fsp3) is 0.400. The zero-order valence-electron chi connectivity index (χ0n) is 7.50. The molecule has 0 heterocycles. The second kappa shape index (κ2) is 4.41. The topological polar surface area (TPSA) is 20.2 Å². The number of thioether (sulfide) groups is 1. The van der Waals surface area contributed by atoms with Crippen molar-refractivity contribution < 1.29 is 5.11 Å². The van der Waals surface area contributed by atoms with Gasteiger partial charge in [-0.05, 0) is 29.9 Å². The number of phenols is 1. The molecule has 12 heavy (non-hydrogen) atoms. The summed E-state index contributed by atoms with van der Waals surface area (Å²) in [7, 11) is 0. The Morgan fingerprint density at radius 2 is 2.08 bits per heavy atom. The second-order valence-corrected chi connectivity index (χ2v) is 3.89. The lowest BCUT2D eigenvalue weighted by Gasteiger charge is -2.03. The minimum Gasteiger partial charge on any atom is -0.507 e. The molecule has 0 saturated heterocycles. The first-order valence-corrected chi connectivity index (χ1v) is 5.21. The standard InChI is InChI=1S/C10H14OS/c1-3-8-5-6-10(12-4-2)9(11)7-8/h5-7,11H,3-4H2,1-2H3. The van der Waals surface area contributed by atoms with E-state index in [1.54, 1.807) is 11.8 Å². The van der Waals surface area contributed by atoms with Crippen LogP contribution < -0.4 is 0 Å². The first-order chi connectivity index (χ1) is 5.77. The van der Waals surface area contributed by atoms with E-state index in [0.29, 0.717) is 5.75 Å². The van der Waals surface area contributed by atoms with Crippen LogP contribution in [0.5, 0.6) is 5.75 Å². The highest BCUT2D eigenvalue weighted by Gasteiger charge is 2.00. The number of hydrogen-bond donors (Lipinski definition) is 1. The van der Waals surface area contributed by atoms with Crippen LogP contribution in [0.1, 0.15) is 19.4 Å². The normalized spacial score (nSPS) is 10.2. The van der Waals surface area contributed by atoms with Crippen molar-refractivity contribution >= 4 is 11.8 Å². The van der Waals surface area contributed by atoms with Crippen molar-refractivity contribution in [1.29, 1.82) is 0 Å². The molecule has 2 heteroatoms. The van der Waals surface area contributed by atoms with E-state index in [9.17, 15) is 5.11 Å². The molecule has 0 aliphatic rings. The summed E-state index contributed by atoms with van der Waals surface area (Å²) in [4.78, 5) is 0.981. The van der Waals surface area contributed by atoms with Crippen molar-refractivity contribution in [2.24, 2.45) is 0 Å². The van der Waals surface area contributed by atoms with Gasteiger partial charge in [-0.3, -0.25) is 0 Å². The van der Waals surface area contributed by atoms with Gasteiger partial charge in [0, 0.05) is 4.90 Å². The highest BCUT2D eigenvalue weighted by molar-refractivity contribution is 7.99. The lowest BCUT2D eigenvalue weighted by molar-refractivity contribution is 0.461. The molecule has 0 atom stereocenters. The van der Waals surface area contributed by atoms with Crippen LogP contribution in [0, 0.1) is 0 Å². The third-order valence-corrected chi connectivity index (χ3v) is 2.68. The minimum absolute atomic E-state index is 0.418. The first-order valence-electron chi connectivity index (χ1n) is 4.22. The van der Waals surface area contributed by atoms with Crippen molar-refractivity contribution in [1.82, 2.24) is 0 Å². The SMILES string of the molecule is CCSc1ccc(CC)cc1O. The summed E-state index contributed by atoms with van der Waals surface area (Å²) in [5.74, 6) is 1.42. The molecule has 1 rings (SSSR count). The summed E-state index contributed by atoms with van der Waals surface area (Å²) < 4.78 is 0. The number of phenolic OH excluding ortho intramolecular Hbond substituents is 1. The molecule has 0 saturated carbocycles. The van der Waals surface area contributed by atoms with Crippen molar-refractivity contribution in [2.45, 2.75) is 25.2 Å². The monoisotopic (exact) mass is 182 g/mol. The average Bonchev–Trinajstić information content (AvgIpc) is 2.09. The molecule has 0 bridgehead atoms. The molecule has 1 nitrogen and oxygen atoms in total. The van der Waals surface area contributed by atoms with Crippen LogP contribution in [-0.2, 0) is 6.42 Å². The Morgan fingerprint density at radius 1 is 1.33 bits per heavy atom. The smallest absolute Gasteiger partial charge is 0.129 e. The summed E-state index contributed by atoms with van der Waals surface area (Å²) in [6, 6.07) is 5.90. The Labute approximate surface area is 77.8 Å². The highest BCUT2D eigenvalue weighted by Crippen LogP contribution is 2.28. The molecule has 0 aliphatic carbocycles. The summed E-state index contributed by atoms with van der Waals surface area (Å²) in [6.07, 6.45) is 0.977. The second-order valence-electron chi connectivity index (χ2n) is 2.59. The van der Waals surface area contributed by atoms with Gasteiger partial charge in [0.25, 0.3) is 0 Å². The maximum Gasteiger partial charge on any atom is 0.129 e. The number of rotatable bonds is 3. The van der Waals surface area contributed by atoms with Crippen LogP contribution in [0.15, 0.2) is 23.1 Å². The molecule has 0 aromatic heterocycles. The van der Waals surface area contributed by atoms with Gasteiger partial charge in [0.05, 0.1) is 0 Å². The third-order valence-electron chi connectivity index (χ3n) is 1.73. The fourth-order valence-corrected chi connectivity index (χ4v) is 1.74. The van der Waals surface area contributed by atoms with Crippen molar-refractivity contribution in [2.75, 3.05) is 5.75 Å². The van der Waals surface area contributed by atoms with Crippen molar-refractivity contribution in [3.05, 3.63) is 23.8 Å². The van der Waals surface area contributed by atoms with E-state index in [1.807, 2.05) is 12.1 Å². The molecule has 0 unspecified atom stereocenters. The van der Waals surface area contributed by atoms with Crippen molar-refractivity contribution in [3.8, 4) is 5.75 Å². The summed E-state index contributed by atoms with van der Waals surface area (Å²) in [5.41, 5.74) is 1.19. The van der Waals surface area contributed by atoms with E-state index in [1.165, 1.54) is 5.56 Å². The van der Waals surface area contributed by atoms with Gasteiger partial charge in [-0.15, -0.1) is 11.8 Å². The van der Waals surface area contributed by atoms with Gasteiger partial charge in [-0.1, -0.05) is 19.9 Å². The Balaban J connectivity index is 2.87. The first kappa shape index (κ1) is 9.46. The molecule has 1 aromatic carbocycles. The number of aryl methyl sites for hydroxylation is 1. The van der Waals surface area contributed by atoms with E-state index in [4.69, 9.17) is 0 Å². The molecular weight excluding hydrogens is 168 g/mol. The lowest BCUT2D eigenvalue weighted by Crippen LogP contribution is -1.81. The largest absolute Gasteiger partial charge is 0.507 e. The summed E-state index contributed by atoms with van der Waals surface area (Å²) >= 11 is 1.67. The predicted octanol–water partition coefficient (Wildman–Crippen LogP) is 3.07. The Hall–Kier alpha value is -0.630. The lowest BCUT2D eigenvalue weighted by atomic mass is 10.2. The van der Waals surface area contributed by atoms with E-state index >= 15 is 0 Å².